The molecule has 0 aliphatic carbocycles. The lowest BCUT2D eigenvalue weighted by molar-refractivity contribution is -0.124. The lowest BCUT2D eigenvalue weighted by Crippen LogP contribution is -2.47. The van der Waals surface area contributed by atoms with Crippen molar-refractivity contribution in [2.75, 3.05) is 20.4 Å². The first-order chi connectivity index (χ1) is 14.0. The predicted molar refractivity (Wildman–Crippen MR) is 98.1 cm³/mol. The van der Waals surface area contributed by atoms with Gasteiger partial charge in [0.25, 0.3) is 0 Å². The fourth-order valence-corrected chi connectivity index (χ4v) is 3.34. The van der Waals surface area contributed by atoms with Crippen molar-refractivity contribution >= 4 is 5.82 Å². The number of hydroxylamine groups is 2. The molecule has 0 bridgehead atoms. The number of fused-ring (bicyclic) bond motifs is 1. The van der Waals surface area contributed by atoms with Crippen LogP contribution in [0.3, 0.4) is 0 Å². The van der Waals surface area contributed by atoms with Crippen LogP contribution >= 0.6 is 0 Å². The third kappa shape index (κ3) is 3.54. The normalized spacial score (nSPS) is 26.3. The molecule has 0 amide bonds. The fraction of sp³-hybridized carbons (Fsp3) is 0.444. The Balaban J connectivity index is 1.54. The number of aliphatic hydroxyl groups excluding tert-OH is 3. The molecule has 5 N–H and O–H groups in total. The number of nitrogens with two attached hydrogens (primary N) is 1. The van der Waals surface area contributed by atoms with Crippen molar-refractivity contribution in [2.45, 2.75) is 31.1 Å². The molecule has 0 radical (unpaired) electrons. The summed E-state index contributed by atoms with van der Waals surface area (Å²) in [6.07, 6.45) is -2.84. The van der Waals surface area contributed by atoms with E-state index in [-0.39, 0.29) is 19.1 Å². The van der Waals surface area contributed by atoms with Gasteiger partial charge in [-0.15, -0.1) is 0 Å². The van der Waals surface area contributed by atoms with Gasteiger partial charge in [-0.1, -0.05) is 12.1 Å². The summed E-state index contributed by atoms with van der Waals surface area (Å²) in [6, 6.07) is 7.48. The zero-order chi connectivity index (χ0) is 20.5. The first kappa shape index (κ1) is 19.6. The number of nitrogens with zero attached hydrogens (tertiary/aromatic N) is 4. The summed E-state index contributed by atoms with van der Waals surface area (Å²) in [5, 5.41) is 31.3. The first-order valence-corrected chi connectivity index (χ1v) is 9.06. The minimum atomic E-state index is -1.23. The molecule has 1 saturated heterocycles. The summed E-state index contributed by atoms with van der Waals surface area (Å²) in [5.74, 6) is 0.995. The number of rotatable bonds is 6. The highest BCUT2D eigenvalue weighted by Gasteiger charge is 2.43. The Morgan fingerprint density at radius 2 is 2.14 bits per heavy atom. The zero-order valence-electron chi connectivity index (χ0n) is 15.8. The predicted octanol–water partition coefficient (Wildman–Crippen LogP) is -2.45. The van der Waals surface area contributed by atoms with E-state index in [4.69, 9.17) is 20.0 Å². The van der Waals surface area contributed by atoms with Gasteiger partial charge in [-0.05, 0) is 17.7 Å². The SMILES string of the molecule is COc1cccc(CON2CN=c3c(ncn3[C@@H]3O[C@H](CO)[C@@H](O)[C@H]3O)=C2N)c1. The second-order valence-corrected chi connectivity index (χ2v) is 6.74. The minimum Gasteiger partial charge on any atom is -0.497 e. The summed E-state index contributed by atoms with van der Waals surface area (Å²) in [5.41, 5.74) is 7.51. The van der Waals surface area contributed by atoms with Crippen LogP contribution in [0.1, 0.15) is 11.8 Å². The van der Waals surface area contributed by atoms with Crippen LogP contribution < -0.4 is 21.3 Å². The number of methoxy groups -OCH3 is 1. The number of hydrogen-bond donors (Lipinski definition) is 4. The van der Waals surface area contributed by atoms with Crippen LogP contribution in [-0.4, -0.2) is 68.6 Å². The van der Waals surface area contributed by atoms with Gasteiger partial charge < -0.3 is 30.5 Å². The van der Waals surface area contributed by atoms with Crippen molar-refractivity contribution in [1.29, 1.82) is 0 Å². The lowest BCUT2D eigenvalue weighted by atomic mass is 10.1. The molecule has 29 heavy (non-hydrogen) atoms. The molecule has 0 unspecified atom stereocenters. The van der Waals surface area contributed by atoms with Gasteiger partial charge in [0.05, 0.1) is 20.0 Å². The largest absolute Gasteiger partial charge is 0.497 e. The molecule has 0 saturated carbocycles. The quantitative estimate of drug-likeness (QED) is 0.411. The van der Waals surface area contributed by atoms with E-state index in [9.17, 15) is 15.3 Å². The maximum absolute atomic E-state index is 10.2. The Kier molecular flexibility index (Phi) is 5.39. The van der Waals surface area contributed by atoms with E-state index in [1.165, 1.54) is 16.0 Å². The second kappa shape index (κ2) is 7.97. The van der Waals surface area contributed by atoms with Gasteiger partial charge in [-0.2, -0.15) is 0 Å². The van der Waals surface area contributed by atoms with Crippen LogP contribution in [0.4, 0.5) is 0 Å². The molecular formula is C18H23N5O6. The van der Waals surface area contributed by atoms with Crippen molar-refractivity contribution < 1.29 is 29.6 Å². The standard InChI is InChI=1S/C18H23N5O6/c1-27-11-4-2-3-10(5-11)7-28-23-9-21-17-13(16(23)19)20-8-22(17)18-15(26)14(25)12(6-24)29-18/h2-5,8,12,14-15,18,24-26H,6-7,9,19H2,1H3/t12-,14-,15-,18-/m1/s1. The molecule has 1 aromatic heterocycles. The molecular weight excluding hydrogens is 382 g/mol. The number of aliphatic hydroxyl groups is 3. The molecule has 3 heterocycles. The van der Waals surface area contributed by atoms with Gasteiger partial charge in [0.15, 0.2) is 17.5 Å². The van der Waals surface area contributed by atoms with Crippen molar-refractivity contribution in [3.63, 3.8) is 0 Å². The maximum atomic E-state index is 10.2. The van der Waals surface area contributed by atoms with Gasteiger partial charge in [-0.3, -0.25) is 9.40 Å². The summed E-state index contributed by atoms with van der Waals surface area (Å²) >= 11 is 0. The van der Waals surface area contributed by atoms with Crippen LogP contribution in [0.25, 0.3) is 5.82 Å². The van der Waals surface area contributed by atoms with E-state index in [2.05, 4.69) is 9.98 Å². The van der Waals surface area contributed by atoms with Crippen LogP contribution in [0, 0.1) is 0 Å². The average molecular weight is 405 g/mol. The molecule has 4 atom stereocenters. The first-order valence-electron chi connectivity index (χ1n) is 9.06. The van der Waals surface area contributed by atoms with E-state index in [1.807, 2.05) is 24.3 Å². The molecule has 156 valence electrons. The van der Waals surface area contributed by atoms with E-state index in [0.29, 0.717) is 10.8 Å². The number of aromatic nitrogens is 2. The number of hydrogen-bond acceptors (Lipinski definition) is 10. The van der Waals surface area contributed by atoms with E-state index < -0.39 is 31.1 Å². The van der Waals surface area contributed by atoms with E-state index in [0.717, 1.165) is 11.3 Å². The van der Waals surface area contributed by atoms with Crippen molar-refractivity contribution in [2.24, 2.45) is 10.7 Å². The summed E-state index contributed by atoms with van der Waals surface area (Å²) < 4.78 is 12.2. The fourth-order valence-electron chi connectivity index (χ4n) is 3.34. The highest BCUT2D eigenvalue weighted by Crippen LogP contribution is 2.27. The topological polar surface area (TPSA) is 148 Å². The highest BCUT2D eigenvalue weighted by atomic mass is 16.7. The van der Waals surface area contributed by atoms with E-state index in [1.54, 1.807) is 7.11 Å². The third-order valence-electron chi connectivity index (χ3n) is 4.94. The Morgan fingerprint density at radius 3 is 2.86 bits per heavy atom. The summed E-state index contributed by atoms with van der Waals surface area (Å²) in [4.78, 5) is 14.4. The highest BCUT2D eigenvalue weighted by molar-refractivity contribution is 5.34. The van der Waals surface area contributed by atoms with Crippen molar-refractivity contribution in [3.8, 4) is 5.75 Å². The van der Waals surface area contributed by atoms with Crippen LogP contribution in [0.15, 0.2) is 35.6 Å². The van der Waals surface area contributed by atoms with Gasteiger partial charge in [0.2, 0.25) is 0 Å². The number of ether oxygens (including phenoxy) is 2. The Bertz CT molecular complexity index is 995. The molecule has 2 aromatic rings. The Hall–Kier alpha value is -2.70. The van der Waals surface area contributed by atoms with Crippen LogP contribution in [0.2, 0.25) is 0 Å². The second-order valence-electron chi connectivity index (χ2n) is 6.74. The maximum Gasteiger partial charge on any atom is 0.165 e. The number of imidazole rings is 1. The summed E-state index contributed by atoms with van der Waals surface area (Å²) in [7, 11) is 1.60. The average Bonchev–Trinajstić information content (AvgIpc) is 3.29. The molecule has 2 aliphatic rings. The molecule has 4 rings (SSSR count). The van der Waals surface area contributed by atoms with Gasteiger partial charge in [-0.25, -0.2) is 15.0 Å². The molecule has 1 fully saturated rings. The molecule has 2 aliphatic heterocycles. The molecule has 11 nitrogen and oxygen atoms in total. The van der Waals surface area contributed by atoms with Crippen LogP contribution in [-0.2, 0) is 16.2 Å². The summed E-state index contributed by atoms with van der Waals surface area (Å²) in [6.45, 7) is -0.0372. The molecule has 0 spiro atoms. The smallest absolute Gasteiger partial charge is 0.165 e. The van der Waals surface area contributed by atoms with Gasteiger partial charge in [0.1, 0.15) is 42.7 Å². The Labute approximate surface area is 165 Å². The van der Waals surface area contributed by atoms with Gasteiger partial charge >= 0.3 is 0 Å². The lowest BCUT2D eigenvalue weighted by Gasteiger charge is -2.24. The third-order valence-corrected chi connectivity index (χ3v) is 4.94. The van der Waals surface area contributed by atoms with Gasteiger partial charge in [0, 0.05) is 0 Å². The number of benzene rings is 1. The molecule has 11 heteroatoms. The zero-order valence-corrected chi connectivity index (χ0v) is 15.8. The van der Waals surface area contributed by atoms with E-state index >= 15 is 0 Å². The van der Waals surface area contributed by atoms with Crippen molar-refractivity contribution in [1.82, 2.24) is 14.6 Å². The van der Waals surface area contributed by atoms with Crippen molar-refractivity contribution in [3.05, 3.63) is 47.0 Å². The Morgan fingerprint density at radius 1 is 1.31 bits per heavy atom. The molecule has 1 aromatic carbocycles. The van der Waals surface area contributed by atoms with Crippen LogP contribution in [0.5, 0.6) is 5.75 Å². The monoisotopic (exact) mass is 405 g/mol. The minimum absolute atomic E-state index is 0.114.